The van der Waals surface area contributed by atoms with Gasteiger partial charge in [-0.05, 0) is 25.5 Å². The Labute approximate surface area is 109 Å². The molecule has 99 valence electrons. The van der Waals surface area contributed by atoms with Crippen LogP contribution in [-0.4, -0.2) is 22.5 Å². The molecule has 0 aliphatic heterocycles. The molecule has 1 unspecified atom stereocenters. The molecule has 0 aromatic carbocycles. The van der Waals surface area contributed by atoms with Crippen LogP contribution >= 0.6 is 0 Å². The smallest absolute Gasteiger partial charge is 0.229 e. The largest absolute Gasteiger partial charge is 0.387 e. The molecule has 1 heterocycles. The Balaban J connectivity index is 3.17. The lowest BCUT2D eigenvalue weighted by Gasteiger charge is -2.26. The number of aliphatic hydroxyl groups excluding tert-OH is 1. The van der Waals surface area contributed by atoms with Gasteiger partial charge in [-0.1, -0.05) is 20.8 Å². The lowest BCUT2D eigenvalue weighted by atomic mass is 10.1. The Kier molecular flexibility index (Phi) is 5.28. The van der Waals surface area contributed by atoms with Gasteiger partial charge in [0.05, 0.1) is 17.5 Å². The van der Waals surface area contributed by atoms with Crippen LogP contribution < -0.4 is 4.90 Å². The zero-order valence-corrected chi connectivity index (χ0v) is 11.3. The van der Waals surface area contributed by atoms with E-state index in [0.717, 1.165) is 0 Å². The number of pyridine rings is 1. The lowest BCUT2D eigenvalue weighted by molar-refractivity contribution is -0.121. The zero-order chi connectivity index (χ0) is 13.7. The van der Waals surface area contributed by atoms with Crippen molar-refractivity contribution in [3.05, 3.63) is 30.9 Å². The van der Waals surface area contributed by atoms with Crippen LogP contribution in [0, 0.1) is 12.8 Å². The van der Waals surface area contributed by atoms with Crippen molar-refractivity contribution in [1.82, 2.24) is 4.98 Å². The molecule has 1 aromatic rings. The van der Waals surface area contributed by atoms with Crippen LogP contribution in [0.1, 0.15) is 39.0 Å². The maximum atomic E-state index is 12.2. The molecule has 1 atom stereocenters. The molecule has 0 saturated heterocycles. The predicted octanol–water partition coefficient (Wildman–Crippen LogP) is 2.35. The zero-order valence-electron chi connectivity index (χ0n) is 11.3. The third-order valence-corrected chi connectivity index (χ3v) is 2.64. The molecule has 0 aliphatic carbocycles. The summed E-state index contributed by atoms with van der Waals surface area (Å²) in [5.74, 6) is -0.0767. The first kappa shape index (κ1) is 14.6. The van der Waals surface area contributed by atoms with Gasteiger partial charge < -0.3 is 10.0 Å². The third kappa shape index (κ3) is 3.29. The van der Waals surface area contributed by atoms with Crippen LogP contribution in [0.5, 0.6) is 0 Å². The number of amides is 1. The maximum absolute atomic E-state index is 12.2. The van der Waals surface area contributed by atoms with Gasteiger partial charge in [0.1, 0.15) is 0 Å². The topological polar surface area (TPSA) is 53.4 Å². The van der Waals surface area contributed by atoms with Gasteiger partial charge in [0.25, 0.3) is 0 Å². The molecule has 1 rings (SSSR count). The second kappa shape index (κ2) is 6.50. The number of nitrogens with zero attached hydrogens (tertiary/aromatic N) is 2. The average molecular weight is 249 g/mol. The van der Waals surface area contributed by atoms with Crippen LogP contribution in [0.15, 0.2) is 18.3 Å². The first-order valence-electron chi connectivity index (χ1n) is 6.22. The fourth-order valence-electron chi connectivity index (χ4n) is 1.78. The molecule has 0 spiro atoms. The molecular formula is C14H21N2O2. The van der Waals surface area contributed by atoms with Crippen LogP contribution in [0.3, 0.4) is 0 Å². The number of rotatable bonds is 5. The van der Waals surface area contributed by atoms with Gasteiger partial charge in [0.15, 0.2) is 0 Å². The van der Waals surface area contributed by atoms with E-state index in [0.29, 0.717) is 24.3 Å². The van der Waals surface area contributed by atoms with E-state index in [4.69, 9.17) is 0 Å². The van der Waals surface area contributed by atoms with E-state index in [1.807, 2.05) is 19.9 Å². The summed E-state index contributed by atoms with van der Waals surface area (Å²) in [4.78, 5) is 18.0. The molecule has 1 amide bonds. The van der Waals surface area contributed by atoms with Crippen molar-refractivity contribution in [3.8, 4) is 0 Å². The molecule has 0 aliphatic rings. The van der Waals surface area contributed by atoms with E-state index < -0.39 is 6.10 Å². The number of anilines is 1. The fourth-order valence-corrected chi connectivity index (χ4v) is 1.78. The van der Waals surface area contributed by atoms with Crippen molar-refractivity contribution in [2.24, 2.45) is 5.92 Å². The highest BCUT2D eigenvalue weighted by molar-refractivity contribution is 5.95. The van der Waals surface area contributed by atoms with Gasteiger partial charge in [-0.3, -0.25) is 9.78 Å². The molecule has 18 heavy (non-hydrogen) atoms. The van der Waals surface area contributed by atoms with Crippen molar-refractivity contribution in [1.29, 1.82) is 0 Å². The van der Waals surface area contributed by atoms with Crippen molar-refractivity contribution in [2.45, 2.75) is 33.3 Å². The average Bonchev–Trinajstić information content (AvgIpc) is 2.35. The summed E-state index contributed by atoms with van der Waals surface area (Å²) in [7, 11) is 0. The number of hydrogen-bond acceptors (Lipinski definition) is 3. The van der Waals surface area contributed by atoms with Gasteiger partial charge in [0, 0.05) is 18.7 Å². The van der Waals surface area contributed by atoms with Crippen molar-refractivity contribution < 1.29 is 9.90 Å². The van der Waals surface area contributed by atoms with E-state index >= 15 is 0 Å². The molecule has 1 radical (unpaired) electrons. The van der Waals surface area contributed by atoms with Gasteiger partial charge in [0.2, 0.25) is 5.91 Å². The molecule has 0 fully saturated rings. The predicted molar refractivity (Wildman–Crippen MR) is 72.0 cm³/mol. The van der Waals surface area contributed by atoms with Gasteiger partial charge in [-0.25, -0.2) is 0 Å². The van der Waals surface area contributed by atoms with Crippen LogP contribution in [-0.2, 0) is 4.79 Å². The Morgan fingerprint density at radius 1 is 1.50 bits per heavy atom. The van der Waals surface area contributed by atoms with Crippen LogP contribution in [0.2, 0.25) is 0 Å². The fraction of sp³-hybridized carbons (Fsp3) is 0.500. The van der Waals surface area contributed by atoms with Crippen LogP contribution in [0.25, 0.3) is 0 Å². The van der Waals surface area contributed by atoms with Gasteiger partial charge in [-0.15, -0.1) is 0 Å². The Hall–Kier alpha value is -1.42. The van der Waals surface area contributed by atoms with E-state index in [9.17, 15) is 9.90 Å². The van der Waals surface area contributed by atoms with E-state index in [-0.39, 0.29) is 11.8 Å². The van der Waals surface area contributed by atoms with E-state index in [1.54, 1.807) is 24.1 Å². The minimum atomic E-state index is -0.700. The Morgan fingerprint density at radius 3 is 2.67 bits per heavy atom. The maximum Gasteiger partial charge on any atom is 0.229 e. The highest BCUT2D eigenvalue weighted by Gasteiger charge is 2.22. The molecule has 4 heteroatoms. The second-order valence-corrected chi connectivity index (χ2v) is 4.58. The summed E-state index contributed by atoms with van der Waals surface area (Å²) < 4.78 is 0. The second-order valence-electron chi connectivity index (χ2n) is 4.58. The van der Waals surface area contributed by atoms with Gasteiger partial charge in [-0.2, -0.15) is 0 Å². The molecule has 0 bridgehead atoms. The highest BCUT2D eigenvalue weighted by Crippen LogP contribution is 2.25. The summed E-state index contributed by atoms with van der Waals surface area (Å²) >= 11 is 0. The van der Waals surface area contributed by atoms with Crippen molar-refractivity contribution in [2.75, 3.05) is 11.4 Å². The summed E-state index contributed by atoms with van der Waals surface area (Å²) in [6, 6.07) is 3.58. The number of hydrogen-bond donors (Lipinski definition) is 1. The van der Waals surface area contributed by atoms with Crippen LogP contribution in [0.4, 0.5) is 5.69 Å². The number of carbonyl (C=O) groups excluding carboxylic acids is 1. The minimum absolute atomic E-state index is 0.0218. The first-order valence-corrected chi connectivity index (χ1v) is 6.22. The normalized spacial score (nSPS) is 12.6. The summed E-state index contributed by atoms with van der Waals surface area (Å²) in [5.41, 5.74) is 1.20. The number of aromatic nitrogens is 1. The quantitative estimate of drug-likeness (QED) is 0.871. The first-order chi connectivity index (χ1) is 8.49. The summed E-state index contributed by atoms with van der Waals surface area (Å²) in [5, 5.41) is 9.73. The summed E-state index contributed by atoms with van der Waals surface area (Å²) in [6.45, 7) is 9.68. The lowest BCUT2D eigenvalue weighted by Crippen LogP contribution is -2.36. The molecule has 0 saturated carbocycles. The van der Waals surface area contributed by atoms with Crippen molar-refractivity contribution in [3.63, 3.8) is 0 Å². The molecule has 1 aromatic heterocycles. The highest BCUT2D eigenvalue weighted by atomic mass is 16.3. The number of carbonyl (C=O) groups is 1. The van der Waals surface area contributed by atoms with Gasteiger partial charge >= 0.3 is 0 Å². The third-order valence-electron chi connectivity index (χ3n) is 2.64. The standard InChI is InChI=1S/C14H21N2O2/c1-5-9-16(14(18)10(2)3)12-7-6-8-15-13(12)11(4)17/h6-8,10-11,17H,1,5,9H2,2-4H3. The monoisotopic (exact) mass is 249 g/mol. The van der Waals surface area contributed by atoms with Crippen molar-refractivity contribution >= 4 is 11.6 Å². The molecular weight excluding hydrogens is 228 g/mol. The Morgan fingerprint density at radius 2 is 2.17 bits per heavy atom. The SMILES string of the molecule is [CH2]CCN(C(=O)C(C)C)c1cccnc1C(C)O. The minimum Gasteiger partial charge on any atom is -0.387 e. The number of aliphatic hydroxyl groups is 1. The molecule has 4 nitrogen and oxygen atoms in total. The Bertz CT molecular complexity index is 403. The van der Waals surface area contributed by atoms with E-state index in [1.165, 1.54) is 0 Å². The molecule has 1 N–H and O–H groups in total. The summed E-state index contributed by atoms with van der Waals surface area (Å²) in [6.07, 6.45) is 1.54. The van der Waals surface area contributed by atoms with E-state index in [2.05, 4.69) is 11.9 Å².